The van der Waals surface area contributed by atoms with Gasteiger partial charge in [0.25, 0.3) is 0 Å². The molecule has 0 aliphatic rings. The number of ether oxygens (including phenoxy) is 8. The highest BCUT2D eigenvalue weighted by Crippen LogP contribution is 2.16. The van der Waals surface area contributed by atoms with Crippen LogP contribution in [0.25, 0.3) is 0 Å². The molecule has 20 nitrogen and oxygen atoms in total. The molecule has 20 heteroatoms. The number of esters is 2. The van der Waals surface area contributed by atoms with E-state index in [0.717, 1.165) is 38.5 Å². The van der Waals surface area contributed by atoms with Crippen molar-refractivity contribution in [3.05, 3.63) is 0 Å². The van der Waals surface area contributed by atoms with E-state index in [-0.39, 0.29) is 141 Å². The van der Waals surface area contributed by atoms with Gasteiger partial charge >= 0.3 is 17.9 Å². The maximum Gasteiger partial charge on any atom is 0.329 e. The number of nitrogens with one attached hydrogen (secondary N) is 4. The fourth-order valence-electron chi connectivity index (χ4n) is 6.71. The van der Waals surface area contributed by atoms with Gasteiger partial charge < -0.3 is 64.3 Å². The van der Waals surface area contributed by atoms with Crippen molar-refractivity contribution in [1.82, 2.24) is 21.3 Å². The van der Waals surface area contributed by atoms with Crippen LogP contribution in [-0.2, 0) is 71.5 Å². The number of amides is 4. The van der Waals surface area contributed by atoms with E-state index in [9.17, 15) is 33.6 Å². The largest absolute Gasteiger partial charge is 0.480 e. The van der Waals surface area contributed by atoms with Crippen LogP contribution >= 0.6 is 0 Å². The summed E-state index contributed by atoms with van der Waals surface area (Å²) in [6.45, 7) is 12.9. The number of unbranched alkanes of at least 4 members (excludes halogenated alkanes) is 15. The lowest BCUT2D eigenvalue weighted by atomic mass is 10.0. The first-order valence-corrected chi connectivity index (χ1v) is 26.1. The van der Waals surface area contributed by atoms with Gasteiger partial charge in [0, 0.05) is 38.9 Å². The summed E-state index contributed by atoms with van der Waals surface area (Å²) in [6, 6.07) is -0.939. The van der Waals surface area contributed by atoms with E-state index >= 15 is 0 Å². The van der Waals surface area contributed by atoms with Crippen LogP contribution in [0.15, 0.2) is 0 Å². The lowest BCUT2D eigenvalue weighted by molar-refractivity contribution is -0.159. The summed E-state index contributed by atoms with van der Waals surface area (Å²) in [6.07, 6.45) is 19.3. The molecule has 0 unspecified atom stereocenters. The lowest BCUT2D eigenvalue weighted by Crippen LogP contribution is -2.44. The summed E-state index contributed by atoms with van der Waals surface area (Å²) < 4.78 is 42.3. The maximum atomic E-state index is 12.9. The monoisotopic (exact) mass is 1020 g/mol. The Kier molecular flexibility index (Phi) is 42.2. The van der Waals surface area contributed by atoms with Gasteiger partial charge in [0.2, 0.25) is 23.6 Å². The topological polar surface area (TPSA) is 262 Å². The Morgan fingerprint density at radius 1 is 0.394 bits per heavy atom. The van der Waals surface area contributed by atoms with Crippen molar-refractivity contribution >= 4 is 41.5 Å². The number of hydrogen-bond acceptors (Lipinski definition) is 15. The molecule has 0 aromatic rings. The Bertz CT molecular complexity index is 1420. The molecule has 0 fully saturated rings. The predicted molar refractivity (Wildman–Crippen MR) is 268 cm³/mol. The standard InChI is InChI=1S/C51H94N4O16/c1-50(2,3)70-48(62)24-22-20-18-16-14-12-10-8-7-9-11-13-15-17-19-21-23-44(57)55-42(49(63)71-51(4,5)6)25-26-43(56)52-27-30-64-33-36-67-39-45(58)53-28-31-65-34-37-68-40-46(59)54-29-32-66-35-38-69-41-47(60)61/h42H,7-41H2,1-6H3,(H,52,56)(H,53,58)(H,54,59)(H,55,57)(H,60,61)/t42-/m0/s1. The molecule has 0 bridgehead atoms. The summed E-state index contributed by atoms with van der Waals surface area (Å²) >= 11 is 0. The van der Waals surface area contributed by atoms with E-state index in [2.05, 4.69) is 21.3 Å². The average Bonchev–Trinajstić information content (AvgIpc) is 3.28. The van der Waals surface area contributed by atoms with Crippen molar-refractivity contribution in [2.45, 2.75) is 187 Å². The second-order valence-corrected chi connectivity index (χ2v) is 19.4. The second-order valence-electron chi connectivity index (χ2n) is 19.4. The molecule has 0 heterocycles. The van der Waals surface area contributed by atoms with E-state index in [1.54, 1.807) is 20.8 Å². The van der Waals surface area contributed by atoms with Crippen LogP contribution in [0.2, 0.25) is 0 Å². The third-order valence-electron chi connectivity index (χ3n) is 10.2. The summed E-state index contributed by atoms with van der Waals surface area (Å²) in [4.78, 5) is 84.1. The molecule has 0 aromatic heterocycles. The first kappa shape index (κ1) is 67.0. The number of carbonyl (C=O) groups is 7. The third-order valence-corrected chi connectivity index (χ3v) is 10.2. The van der Waals surface area contributed by atoms with Crippen molar-refractivity contribution in [3.63, 3.8) is 0 Å². The predicted octanol–water partition coefficient (Wildman–Crippen LogP) is 5.49. The molecule has 71 heavy (non-hydrogen) atoms. The van der Waals surface area contributed by atoms with Gasteiger partial charge in [-0.2, -0.15) is 0 Å². The molecule has 0 saturated carbocycles. The maximum absolute atomic E-state index is 12.9. The molecule has 0 saturated heterocycles. The SMILES string of the molecule is CC(C)(C)OC(=O)CCCCCCCCCCCCCCCCCCC(=O)N[C@@H](CCC(=O)NCCOCCOCC(=O)NCCOCCOCC(=O)NCCOCCOCC(=O)O)C(=O)OC(C)(C)C. The fourth-order valence-corrected chi connectivity index (χ4v) is 6.71. The van der Waals surface area contributed by atoms with Gasteiger partial charge in [-0.1, -0.05) is 89.9 Å². The first-order chi connectivity index (χ1) is 33.9. The number of rotatable bonds is 48. The number of carboxylic acids is 1. The van der Waals surface area contributed by atoms with E-state index in [1.165, 1.54) is 64.2 Å². The summed E-state index contributed by atoms with van der Waals surface area (Å²) in [5, 5.41) is 19.3. The van der Waals surface area contributed by atoms with E-state index in [1.807, 2.05) is 20.8 Å². The van der Waals surface area contributed by atoms with Crippen molar-refractivity contribution in [3.8, 4) is 0 Å². The van der Waals surface area contributed by atoms with Crippen LogP contribution in [0.5, 0.6) is 0 Å². The van der Waals surface area contributed by atoms with Gasteiger partial charge in [-0.25, -0.2) is 9.59 Å². The smallest absolute Gasteiger partial charge is 0.329 e. The van der Waals surface area contributed by atoms with E-state index < -0.39 is 29.2 Å². The Hall–Kier alpha value is -3.95. The molecule has 0 rings (SSSR count). The van der Waals surface area contributed by atoms with Gasteiger partial charge in [-0.3, -0.25) is 24.0 Å². The van der Waals surface area contributed by atoms with Crippen LogP contribution in [0.3, 0.4) is 0 Å². The Labute approximate surface area is 424 Å². The first-order valence-electron chi connectivity index (χ1n) is 26.1. The van der Waals surface area contributed by atoms with Gasteiger partial charge in [0.05, 0.1) is 59.5 Å². The van der Waals surface area contributed by atoms with Crippen LogP contribution in [0.1, 0.15) is 170 Å². The Balaban J connectivity index is 3.90. The van der Waals surface area contributed by atoms with Crippen LogP contribution < -0.4 is 21.3 Å². The van der Waals surface area contributed by atoms with Gasteiger partial charge in [0.15, 0.2) is 0 Å². The normalized spacial score (nSPS) is 12.0. The summed E-state index contributed by atoms with van der Waals surface area (Å²) in [7, 11) is 0. The minimum atomic E-state index is -1.05. The zero-order chi connectivity index (χ0) is 52.9. The van der Waals surface area contributed by atoms with Crippen LogP contribution in [0.4, 0.5) is 0 Å². The van der Waals surface area contributed by atoms with Crippen LogP contribution in [0, 0.1) is 0 Å². The number of carbonyl (C=O) groups excluding carboxylic acids is 6. The van der Waals surface area contributed by atoms with Crippen molar-refractivity contribution in [2.75, 3.05) is 98.9 Å². The molecule has 5 N–H and O–H groups in total. The molecule has 4 amide bonds. The van der Waals surface area contributed by atoms with Crippen molar-refractivity contribution in [2.24, 2.45) is 0 Å². The highest BCUT2D eigenvalue weighted by Gasteiger charge is 2.27. The highest BCUT2D eigenvalue weighted by atomic mass is 16.6. The average molecular weight is 1020 g/mol. The summed E-state index contributed by atoms with van der Waals surface area (Å²) in [5.74, 6) is -2.89. The molecule has 1 atom stereocenters. The van der Waals surface area contributed by atoms with Gasteiger partial charge in [0.1, 0.15) is 37.1 Å². The fraction of sp³-hybridized carbons (Fsp3) is 0.863. The zero-order valence-electron chi connectivity index (χ0n) is 44.4. The number of aliphatic carboxylic acids is 1. The second kappa shape index (κ2) is 44.7. The quantitative estimate of drug-likeness (QED) is 0.0373. The zero-order valence-corrected chi connectivity index (χ0v) is 44.4. The van der Waals surface area contributed by atoms with E-state index in [4.69, 9.17) is 43.0 Å². The lowest BCUT2D eigenvalue weighted by Gasteiger charge is -2.24. The Morgan fingerprint density at radius 3 is 1.14 bits per heavy atom. The molecule has 0 aliphatic heterocycles. The Morgan fingerprint density at radius 2 is 0.746 bits per heavy atom. The van der Waals surface area contributed by atoms with Gasteiger partial charge in [-0.15, -0.1) is 0 Å². The summed E-state index contributed by atoms with van der Waals surface area (Å²) in [5.41, 5.74) is -1.15. The third kappa shape index (κ3) is 50.8. The minimum Gasteiger partial charge on any atom is -0.480 e. The molecular weight excluding hydrogens is 925 g/mol. The highest BCUT2D eigenvalue weighted by molar-refractivity contribution is 5.85. The minimum absolute atomic E-state index is 0.0101. The molecule has 0 spiro atoms. The number of hydrogen-bond donors (Lipinski definition) is 5. The molecule has 0 aromatic carbocycles. The molecule has 0 aliphatic carbocycles. The molecule has 0 radical (unpaired) electrons. The van der Waals surface area contributed by atoms with Crippen molar-refractivity contribution < 1.29 is 76.6 Å². The molecule has 414 valence electrons. The number of carboxylic acid groups (broad SMARTS) is 1. The molecular formula is C51H94N4O16. The van der Waals surface area contributed by atoms with Gasteiger partial charge in [-0.05, 0) is 60.8 Å². The van der Waals surface area contributed by atoms with Crippen LogP contribution in [-0.4, -0.2) is 163 Å². The van der Waals surface area contributed by atoms with Crippen molar-refractivity contribution in [1.29, 1.82) is 0 Å². The van der Waals surface area contributed by atoms with E-state index in [0.29, 0.717) is 12.8 Å².